The minimum absolute atomic E-state index is 0.00922. The third-order valence-corrected chi connectivity index (χ3v) is 7.60. The zero-order valence-electron chi connectivity index (χ0n) is 21.5. The standard InChI is InChI=1S/C27H33N5O4S/c1-16(2)36-24-11-8-19(15-29-24)22-10-9-21(26(30-22)20-13-17(3)12-18(4)14-20)27(33)32-37(34,35)25-7-5-6-23(28)31-25/h5-11,15-18,20H,12-14H2,1-4H3,(H2,28,31)(H,32,33). The summed E-state index contributed by atoms with van der Waals surface area (Å²) in [6.45, 7) is 8.25. The number of nitrogens with one attached hydrogen (secondary N) is 1. The molecular weight excluding hydrogens is 490 g/mol. The van der Waals surface area contributed by atoms with Gasteiger partial charge >= 0.3 is 0 Å². The summed E-state index contributed by atoms with van der Waals surface area (Å²) >= 11 is 0. The van der Waals surface area contributed by atoms with Crippen molar-refractivity contribution in [2.24, 2.45) is 11.8 Å². The first-order valence-corrected chi connectivity index (χ1v) is 13.9. The Balaban J connectivity index is 1.70. The number of anilines is 1. The van der Waals surface area contributed by atoms with Crippen LogP contribution in [0.5, 0.6) is 5.88 Å². The maximum Gasteiger partial charge on any atom is 0.281 e. The first-order chi connectivity index (χ1) is 17.5. The largest absolute Gasteiger partial charge is 0.475 e. The van der Waals surface area contributed by atoms with Crippen LogP contribution in [0, 0.1) is 11.8 Å². The van der Waals surface area contributed by atoms with Crippen LogP contribution in [0.25, 0.3) is 11.3 Å². The molecule has 0 bridgehead atoms. The normalized spacial score (nSPS) is 20.0. The Morgan fingerprint density at radius 1 is 1.03 bits per heavy atom. The van der Waals surface area contributed by atoms with Crippen LogP contribution in [-0.2, 0) is 10.0 Å². The predicted octanol–water partition coefficient (Wildman–Crippen LogP) is 4.57. The molecule has 0 spiro atoms. The summed E-state index contributed by atoms with van der Waals surface area (Å²) in [5.41, 5.74) is 7.89. The highest BCUT2D eigenvalue weighted by Gasteiger charge is 2.31. The fourth-order valence-electron chi connectivity index (χ4n) is 4.96. The van der Waals surface area contributed by atoms with Gasteiger partial charge in [-0.1, -0.05) is 19.9 Å². The summed E-state index contributed by atoms with van der Waals surface area (Å²) in [6, 6.07) is 11.2. The van der Waals surface area contributed by atoms with Crippen molar-refractivity contribution in [1.82, 2.24) is 19.7 Å². The van der Waals surface area contributed by atoms with Crippen molar-refractivity contribution in [3.8, 4) is 17.1 Å². The van der Waals surface area contributed by atoms with Gasteiger partial charge < -0.3 is 10.5 Å². The maximum atomic E-state index is 13.3. The molecule has 37 heavy (non-hydrogen) atoms. The number of rotatable bonds is 7. The Morgan fingerprint density at radius 3 is 2.38 bits per heavy atom. The van der Waals surface area contributed by atoms with Crippen LogP contribution >= 0.6 is 0 Å². The number of ether oxygens (including phenoxy) is 1. The Hall–Kier alpha value is -3.53. The molecule has 1 amide bonds. The topological polar surface area (TPSA) is 137 Å². The molecule has 1 fully saturated rings. The zero-order valence-corrected chi connectivity index (χ0v) is 22.3. The Morgan fingerprint density at radius 2 is 1.76 bits per heavy atom. The van der Waals surface area contributed by atoms with Crippen molar-refractivity contribution >= 4 is 21.7 Å². The van der Waals surface area contributed by atoms with E-state index in [0.717, 1.165) is 24.8 Å². The molecule has 1 saturated carbocycles. The second kappa shape index (κ2) is 10.8. The first-order valence-electron chi connectivity index (χ1n) is 12.5. The molecule has 1 aliphatic rings. The van der Waals surface area contributed by atoms with E-state index < -0.39 is 15.9 Å². The lowest BCUT2D eigenvalue weighted by molar-refractivity contribution is 0.0978. The number of nitrogens with two attached hydrogens (primary N) is 1. The number of amides is 1. The van der Waals surface area contributed by atoms with E-state index in [9.17, 15) is 13.2 Å². The molecule has 0 saturated heterocycles. The molecule has 3 aromatic rings. The maximum absolute atomic E-state index is 13.3. The molecule has 196 valence electrons. The number of hydrogen-bond acceptors (Lipinski definition) is 8. The molecule has 0 aliphatic heterocycles. The van der Waals surface area contributed by atoms with Crippen molar-refractivity contribution in [2.75, 3.05) is 5.73 Å². The third-order valence-electron chi connectivity index (χ3n) is 6.37. The van der Waals surface area contributed by atoms with E-state index >= 15 is 0 Å². The molecular formula is C27H33N5O4S. The number of nitrogen functional groups attached to an aromatic ring is 1. The fourth-order valence-corrected chi connectivity index (χ4v) is 5.90. The Kier molecular flexibility index (Phi) is 7.77. The summed E-state index contributed by atoms with van der Waals surface area (Å²) in [5, 5.41) is -0.318. The van der Waals surface area contributed by atoms with Gasteiger partial charge in [-0.25, -0.2) is 14.7 Å². The van der Waals surface area contributed by atoms with Gasteiger partial charge in [-0.05, 0) is 75.3 Å². The average molecular weight is 524 g/mol. The molecule has 3 heterocycles. The number of carbonyl (C=O) groups excluding carboxylic acids is 1. The fraction of sp³-hybridized carbons (Fsp3) is 0.407. The molecule has 10 heteroatoms. The van der Waals surface area contributed by atoms with Crippen LogP contribution in [-0.4, -0.2) is 35.4 Å². The highest BCUT2D eigenvalue weighted by Crippen LogP contribution is 2.40. The van der Waals surface area contributed by atoms with Crippen LogP contribution in [0.15, 0.2) is 53.7 Å². The lowest BCUT2D eigenvalue weighted by atomic mass is 9.74. The van der Waals surface area contributed by atoms with E-state index in [-0.39, 0.29) is 28.4 Å². The van der Waals surface area contributed by atoms with E-state index in [1.807, 2.05) is 19.9 Å². The van der Waals surface area contributed by atoms with Gasteiger partial charge in [0.05, 0.1) is 23.1 Å². The van der Waals surface area contributed by atoms with Gasteiger partial charge in [0.2, 0.25) is 5.88 Å². The molecule has 0 aromatic carbocycles. The summed E-state index contributed by atoms with van der Waals surface area (Å²) in [5.74, 6) is 0.761. The van der Waals surface area contributed by atoms with Crippen molar-refractivity contribution in [3.63, 3.8) is 0 Å². The number of hydrogen-bond donors (Lipinski definition) is 2. The molecule has 9 nitrogen and oxygen atoms in total. The quantitative estimate of drug-likeness (QED) is 0.460. The number of aromatic nitrogens is 3. The Labute approximate surface area is 218 Å². The van der Waals surface area contributed by atoms with Gasteiger partial charge in [0.1, 0.15) is 5.82 Å². The lowest BCUT2D eigenvalue weighted by Gasteiger charge is -2.32. The lowest BCUT2D eigenvalue weighted by Crippen LogP contribution is -2.33. The minimum Gasteiger partial charge on any atom is -0.475 e. The first kappa shape index (κ1) is 26.5. The van der Waals surface area contributed by atoms with Gasteiger partial charge in [-0.2, -0.15) is 8.42 Å². The van der Waals surface area contributed by atoms with Crippen LogP contribution in [0.4, 0.5) is 5.82 Å². The third kappa shape index (κ3) is 6.43. The summed E-state index contributed by atoms with van der Waals surface area (Å²) in [7, 11) is -4.22. The van der Waals surface area contributed by atoms with Crippen LogP contribution in [0.1, 0.15) is 68.9 Å². The summed E-state index contributed by atoms with van der Waals surface area (Å²) in [6.07, 6.45) is 4.53. The number of carbonyl (C=O) groups is 1. The predicted molar refractivity (Wildman–Crippen MR) is 141 cm³/mol. The second-order valence-electron chi connectivity index (χ2n) is 10.1. The number of pyridine rings is 3. The van der Waals surface area contributed by atoms with E-state index in [0.29, 0.717) is 29.1 Å². The molecule has 4 rings (SSSR count). The minimum atomic E-state index is -4.22. The highest BCUT2D eigenvalue weighted by molar-refractivity contribution is 7.90. The monoisotopic (exact) mass is 523 g/mol. The van der Waals surface area contributed by atoms with Crippen molar-refractivity contribution in [3.05, 3.63) is 59.9 Å². The van der Waals surface area contributed by atoms with E-state index in [1.54, 1.807) is 24.4 Å². The highest BCUT2D eigenvalue weighted by atomic mass is 32.2. The van der Waals surface area contributed by atoms with Gasteiger partial charge in [0.15, 0.2) is 5.03 Å². The molecule has 2 atom stereocenters. The second-order valence-corrected chi connectivity index (χ2v) is 11.8. The van der Waals surface area contributed by atoms with Gasteiger partial charge in [-0.3, -0.25) is 9.78 Å². The summed E-state index contributed by atoms with van der Waals surface area (Å²) in [4.78, 5) is 26.4. The van der Waals surface area contributed by atoms with Crippen LogP contribution in [0.3, 0.4) is 0 Å². The molecule has 1 aliphatic carbocycles. The number of sulfonamides is 1. The molecule has 0 radical (unpaired) electrons. The van der Waals surface area contributed by atoms with Crippen LogP contribution in [0.2, 0.25) is 0 Å². The van der Waals surface area contributed by atoms with Crippen molar-refractivity contribution < 1.29 is 17.9 Å². The van der Waals surface area contributed by atoms with Gasteiger partial charge in [0.25, 0.3) is 15.9 Å². The van der Waals surface area contributed by atoms with Gasteiger partial charge in [-0.15, -0.1) is 0 Å². The smallest absolute Gasteiger partial charge is 0.281 e. The number of nitrogens with zero attached hydrogens (tertiary/aromatic N) is 3. The average Bonchev–Trinajstić information content (AvgIpc) is 2.83. The summed E-state index contributed by atoms with van der Waals surface area (Å²) < 4.78 is 33.5. The van der Waals surface area contributed by atoms with Crippen molar-refractivity contribution in [2.45, 2.75) is 64.0 Å². The van der Waals surface area contributed by atoms with E-state index in [2.05, 4.69) is 28.5 Å². The molecule has 3 N–H and O–H groups in total. The Bertz CT molecular complexity index is 1370. The van der Waals surface area contributed by atoms with E-state index in [4.69, 9.17) is 15.5 Å². The van der Waals surface area contributed by atoms with Crippen LogP contribution < -0.4 is 15.2 Å². The SMILES string of the molecule is CC1CC(C)CC(c2nc(-c3ccc(OC(C)C)nc3)ccc2C(=O)NS(=O)(=O)c2cccc(N)n2)C1. The molecule has 3 aromatic heterocycles. The zero-order chi connectivity index (χ0) is 26.7. The van der Waals surface area contributed by atoms with Gasteiger partial charge in [0, 0.05) is 23.7 Å². The van der Waals surface area contributed by atoms with E-state index in [1.165, 1.54) is 18.2 Å². The van der Waals surface area contributed by atoms with Crippen molar-refractivity contribution in [1.29, 1.82) is 0 Å². The molecule has 2 unspecified atom stereocenters.